The van der Waals surface area contributed by atoms with E-state index in [0.717, 1.165) is 6.42 Å². The van der Waals surface area contributed by atoms with Gasteiger partial charge in [-0.1, -0.05) is 18.9 Å². The standard InChI is InChI=1S/C7H10Br2F2/c1-3-4-5(2)6(8)7(9,10)11/h3-4H2,1-2H3. The van der Waals surface area contributed by atoms with Crippen molar-refractivity contribution >= 4 is 31.9 Å². The molecule has 0 N–H and O–H groups in total. The molecule has 0 aromatic rings. The average Bonchev–Trinajstić information content (AvgIpc) is 1.85. The molecule has 0 aliphatic rings. The lowest BCUT2D eigenvalue weighted by atomic mass is 10.2. The molecule has 0 aromatic carbocycles. The van der Waals surface area contributed by atoms with E-state index < -0.39 is 4.83 Å². The second kappa shape index (κ2) is 4.55. The van der Waals surface area contributed by atoms with Crippen LogP contribution in [0.2, 0.25) is 0 Å². The van der Waals surface area contributed by atoms with Gasteiger partial charge in [-0.15, -0.1) is 0 Å². The van der Waals surface area contributed by atoms with Gasteiger partial charge in [-0.3, -0.25) is 0 Å². The van der Waals surface area contributed by atoms with Gasteiger partial charge in [0.2, 0.25) is 0 Å². The number of allylic oxidation sites excluding steroid dienone is 2. The fourth-order valence-corrected chi connectivity index (χ4v) is 1.26. The van der Waals surface area contributed by atoms with Gasteiger partial charge < -0.3 is 0 Å². The molecule has 0 amide bonds. The number of alkyl halides is 3. The molecule has 0 aliphatic heterocycles. The minimum absolute atomic E-state index is 0.0492. The van der Waals surface area contributed by atoms with E-state index in [-0.39, 0.29) is 4.48 Å². The Morgan fingerprint density at radius 2 is 1.91 bits per heavy atom. The second-order valence-electron chi connectivity index (χ2n) is 2.34. The Balaban J connectivity index is 4.39. The van der Waals surface area contributed by atoms with Crippen LogP contribution in [0.1, 0.15) is 26.7 Å². The highest BCUT2D eigenvalue weighted by Crippen LogP contribution is 2.37. The highest BCUT2D eigenvalue weighted by Gasteiger charge is 2.29. The third kappa shape index (κ3) is 4.21. The zero-order valence-corrected chi connectivity index (χ0v) is 9.60. The molecule has 0 radical (unpaired) electrons. The topological polar surface area (TPSA) is 0 Å². The highest BCUT2D eigenvalue weighted by molar-refractivity contribution is 9.14. The van der Waals surface area contributed by atoms with E-state index in [2.05, 4.69) is 31.9 Å². The van der Waals surface area contributed by atoms with Gasteiger partial charge >= 0.3 is 4.83 Å². The molecule has 0 fully saturated rings. The van der Waals surface area contributed by atoms with Crippen molar-refractivity contribution in [1.82, 2.24) is 0 Å². The molecule has 0 unspecified atom stereocenters. The molecule has 0 heterocycles. The van der Waals surface area contributed by atoms with Crippen LogP contribution in [-0.2, 0) is 0 Å². The fourth-order valence-electron chi connectivity index (χ4n) is 0.727. The summed E-state index contributed by atoms with van der Waals surface area (Å²) in [4.78, 5) is -2.91. The number of hydrogen-bond acceptors (Lipinski definition) is 0. The predicted octanol–water partition coefficient (Wildman–Crippen LogP) is 4.44. The van der Waals surface area contributed by atoms with Gasteiger partial charge in [0.05, 0.1) is 4.48 Å². The Hall–Kier alpha value is 0.560. The monoisotopic (exact) mass is 290 g/mol. The van der Waals surface area contributed by atoms with Gasteiger partial charge in [0.25, 0.3) is 0 Å². The summed E-state index contributed by atoms with van der Waals surface area (Å²) in [6, 6.07) is 0. The van der Waals surface area contributed by atoms with E-state index in [1.807, 2.05) is 6.92 Å². The maximum Gasteiger partial charge on any atom is 0.332 e. The Morgan fingerprint density at radius 3 is 2.18 bits per heavy atom. The summed E-state index contributed by atoms with van der Waals surface area (Å²) in [5, 5.41) is 0. The molecule has 66 valence electrons. The molecule has 0 aromatic heterocycles. The summed E-state index contributed by atoms with van der Waals surface area (Å²) >= 11 is 5.12. The fraction of sp³-hybridized carbons (Fsp3) is 0.714. The zero-order valence-electron chi connectivity index (χ0n) is 6.43. The van der Waals surface area contributed by atoms with Crippen molar-refractivity contribution in [3.05, 3.63) is 10.1 Å². The van der Waals surface area contributed by atoms with Gasteiger partial charge in [-0.05, 0) is 45.2 Å². The summed E-state index contributed by atoms with van der Waals surface area (Å²) in [5.41, 5.74) is 0.689. The number of halogens is 4. The van der Waals surface area contributed by atoms with Crippen LogP contribution < -0.4 is 0 Å². The lowest BCUT2D eigenvalue weighted by Gasteiger charge is -2.10. The Labute approximate surface area is 82.3 Å². The first kappa shape index (κ1) is 11.6. The molecule has 0 saturated carbocycles. The van der Waals surface area contributed by atoms with E-state index in [1.54, 1.807) is 6.92 Å². The first-order chi connectivity index (χ1) is 4.89. The van der Waals surface area contributed by atoms with Crippen LogP contribution >= 0.6 is 31.9 Å². The van der Waals surface area contributed by atoms with Crippen LogP contribution in [-0.4, -0.2) is 4.83 Å². The lowest BCUT2D eigenvalue weighted by Crippen LogP contribution is -2.06. The second-order valence-corrected chi connectivity index (χ2v) is 4.13. The number of hydrogen-bond donors (Lipinski definition) is 0. The van der Waals surface area contributed by atoms with Gasteiger partial charge in [-0.2, -0.15) is 8.78 Å². The molecule has 0 aliphatic carbocycles. The van der Waals surface area contributed by atoms with Crippen molar-refractivity contribution in [1.29, 1.82) is 0 Å². The smallest absolute Gasteiger partial charge is 0.188 e. The molecular weight excluding hydrogens is 282 g/mol. The van der Waals surface area contributed by atoms with Crippen molar-refractivity contribution in [2.75, 3.05) is 0 Å². The van der Waals surface area contributed by atoms with Gasteiger partial charge in [0.15, 0.2) is 0 Å². The van der Waals surface area contributed by atoms with Crippen LogP contribution in [0.15, 0.2) is 10.1 Å². The lowest BCUT2D eigenvalue weighted by molar-refractivity contribution is 0.166. The first-order valence-corrected chi connectivity index (χ1v) is 4.90. The van der Waals surface area contributed by atoms with Crippen LogP contribution in [0.4, 0.5) is 8.78 Å². The minimum atomic E-state index is -2.91. The molecule has 0 bridgehead atoms. The Kier molecular flexibility index (Phi) is 4.78. The van der Waals surface area contributed by atoms with Gasteiger partial charge in [0, 0.05) is 0 Å². The normalized spacial score (nSPS) is 14.7. The van der Waals surface area contributed by atoms with Crippen LogP contribution in [0, 0.1) is 0 Å². The summed E-state index contributed by atoms with van der Waals surface area (Å²) in [6.07, 6.45) is 1.58. The minimum Gasteiger partial charge on any atom is -0.188 e. The maximum absolute atomic E-state index is 12.5. The van der Waals surface area contributed by atoms with Crippen LogP contribution in [0.3, 0.4) is 0 Å². The van der Waals surface area contributed by atoms with Crippen molar-refractivity contribution in [3.63, 3.8) is 0 Å². The van der Waals surface area contributed by atoms with Crippen molar-refractivity contribution in [2.45, 2.75) is 31.5 Å². The highest BCUT2D eigenvalue weighted by atomic mass is 79.9. The quantitative estimate of drug-likeness (QED) is 0.674. The molecule has 0 atom stereocenters. The summed E-state index contributed by atoms with van der Waals surface area (Å²) in [7, 11) is 0. The predicted molar refractivity (Wildman–Crippen MR) is 50.4 cm³/mol. The SMILES string of the molecule is CCCC(C)=C(Br)C(F)(F)Br. The number of rotatable bonds is 3. The molecule has 11 heavy (non-hydrogen) atoms. The van der Waals surface area contributed by atoms with E-state index in [4.69, 9.17) is 0 Å². The van der Waals surface area contributed by atoms with Gasteiger partial charge in [-0.25, -0.2) is 0 Å². The van der Waals surface area contributed by atoms with Crippen molar-refractivity contribution in [2.24, 2.45) is 0 Å². The van der Waals surface area contributed by atoms with Crippen LogP contribution in [0.5, 0.6) is 0 Å². The summed E-state index contributed by atoms with van der Waals surface area (Å²) in [5.74, 6) is 0. The largest absolute Gasteiger partial charge is 0.332 e. The summed E-state index contributed by atoms with van der Waals surface area (Å²) < 4.78 is 25.0. The van der Waals surface area contributed by atoms with Gasteiger partial charge in [0.1, 0.15) is 0 Å². The van der Waals surface area contributed by atoms with Crippen molar-refractivity contribution in [3.8, 4) is 0 Å². The van der Waals surface area contributed by atoms with E-state index >= 15 is 0 Å². The third-order valence-electron chi connectivity index (χ3n) is 1.25. The summed E-state index contributed by atoms with van der Waals surface area (Å²) in [6.45, 7) is 3.65. The van der Waals surface area contributed by atoms with E-state index in [9.17, 15) is 8.78 Å². The van der Waals surface area contributed by atoms with Crippen LogP contribution in [0.25, 0.3) is 0 Å². The Morgan fingerprint density at radius 1 is 1.45 bits per heavy atom. The molecular formula is C7H10Br2F2. The zero-order chi connectivity index (χ0) is 9.07. The van der Waals surface area contributed by atoms with E-state index in [1.165, 1.54) is 0 Å². The van der Waals surface area contributed by atoms with Crippen molar-refractivity contribution < 1.29 is 8.78 Å². The maximum atomic E-state index is 12.5. The first-order valence-electron chi connectivity index (χ1n) is 3.32. The van der Waals surface area contributed by atoms with E-state index in [0.29, 0.717) is 12.0 Å². The third-order valence-corrected chi connectivity index (χ3v) is 3.35. The molecule has 0 rings (SSSR count). The molecule has 0 saturated heterocycles. The molecule has 0 spiro atoms. The Bertz CT molecular complexity index is 158. The molecule has 4 heteroatoms. The average molecular weight is 292 g/mol. The molecule has 0 nitrogen and oxygen atoms in total.